The lowest BCUT2D eigenvalue weighted by atomic mass is 9.98. The molecule has 248 valence electrons. The van der Waals surface area contributed by atoms with E-state index in [2.05, 4.69) is 0 Å². The van der Waals surface area contributed by atoms with Crippen molar-refractivity contribution in [3.63, 3.8) is 0 Å². The van der Waals surface area contributed by atoms with Crippen molar-refractivity contribution >= 4 is 23.2 Å². The second kappa shape index (κ2) is 15.7. The molecule has 1 unspecified atom stereocenters. The molecule has 4 aromatic rings. The van der Waals surface area contributed by atoms with Gasteiger partial charge in [-0.2, -0.15) is 0 Å². The fourth-order valence-corrected chi connectivity index (χ4v) is 11.1. The van der Waals surface area contributed by atoms with Crippen LogP contribution in [-0.2, 0) is 5.60 Å². The van der Waals surface area contributed by atoms with E-state index in [-0.39, 0.29) is 6.16 Å². The maximum absolute atomic E-state index is 12.5. The first-order chi connectivity index (χ1) is 21.8. The molecular weight excluding hydrogens is 639 g/mol. The predicted molar refractivity (Wildman–Crippen MR) is 165 cm³/mol. The lowest BCUT2D eigenvalue weighted by Crippen LogP contribution is -2.68. The summed E-state index contributed by atoms with van der Waals surface area (Å²) in [4.78, 5) is 0. The fourth-order valence-electron chi connectivity index (χ4n) is 5.55. The van der Waals surface area contributed by atoms with Crippen molar-refractivity contribution in [3.05, 3.63) is 90.5 Å². The van der Waals surface area contributed by atoms with Crippen LogP contribution in [0.4, 0.5) is 0 Å². The van der Waals surface area contributed by atoms with Gasteiger partial charge in [-0.1, -0.05) is 48.5 Å². The third-order valence-electron chi connectivity index (χ3n) is 7.29. The molecule has 0 heterocycles. The van der Waals surface area contributed by atoms with Crippen LogP contribution in [0.25, 0.3) is 0 Å². The van der Waals surface area contributed by atoms with Crippen LogP contribution in [0.2, 0.25) is 0 Å². The van der Waals surface area contributed by atoms with Crippen LogP contribution in [0.5, 0.6) is 34.5 Å². The Bertz CT molecular complexity index is 1370. The third-order valence-corrected chi connectivity index (χ3v) is 12.0. The SMILES string of the molecule is COc1cccc(OC)c1[P+](CC(C)(O)c1ccccc1)(c1c(OC)cccc1OC)c1c(OC)cccc1OC.[O-][Cl+3]([O-])([O-])[O-]. The van der Waals surface area contributed by atoms with E-state index < -0.39 is 23.1 Å². The normalized spacial score (nSPS) is 12.6. The van der Waals surface area contributed by atoms with Crippen molar-refractivity contribution in [1.29, 1.82) is 0 Å². The van der Waals surface area contributed by atoms with Crippen molar-refractivity contribution in [3.8, 4) is 34.5 Å². The first-order valence-corrected chi connectivity index (χ1v) is 17.0. The summed E-state index contributed by atoms with van der Waals surface area (Å²) in [5.74, 6) is 3.51. The number of hydrogen-bond donors (Lipinski definition) is 1. The molecule has 4 rings (SSSR count). The molecule has 46 heavy (non-hydrogen) atoms. The summed E-state index contributed by atoms with van der Waals surface area (Å²) in [7, 11) is 1.65. The number of aliphatic hydroxyl groups is 1. The first kappa shape index (κ1) is 36.7. The van der Waals surface area contributed by atoms with Crippen molar-refractivity contribution in [2.75, 3.05) is 48.8 Å². The van der Waals surface area contributed by atoms with Crippen LogP contribution in [0, 0.1) is 10.2 Å². The highest BCUT2D eigenvalue weighted by Gasteiger charge is 2.60. The molecule has 0 aliphatic heterocycles. The quantitative estimate of drug-likeness (QED) is 0.203. The zero-order valence-corrected chi connectivity index (χ0v) is 28.3. The van der Waals surface area contributed by atoms with E-state index in [9.17, 15) is 5.11 Å². The monoisotopic (exact) mass is 676 g/mol. The summed E-state index contributed by atoms with van der Waals surface area (Å²) >= 11 is 0. The van der Waals surface area contributed by atoms with E-state index in [1.807, 2.05) is 91.9 Å². The van der Waals surface area contributed by atoms with Crippen LogP contribution in [0.1, 0.15) is 12.5 Å². The molecule has 0 radical (unpaired) electrons. The lowest BCUT2D eigenvalue weighted by Gasteiger charge is -2.37. The van der Waals surface area contributed by atoms with Crippen LogP contribution >= 0.6 is 7.26 Å². The molecule has 0 bridgehead atoms. The molecule has 0 saturated heterocycles. The maximum Gasteiger partial charge on any atom is 0.188 e. The van der Waals surface area contributed by atoms with Gasteiger partial charge in [-0.15, -0.1) is 10.2 Å². The molecule has 0 aromatic heterocycles. The summed E-state index contributed by atoms with van der Waals surface area (Å²) < 4.78 is 70.3. The predicted octanol–water partition coefficient (Wildman–Crippen LogP) is 0.184. The highest BCUT2D eigenvalue weighted by atomic mass is 35.7. The molecule has 0 fully saturated rings. The van der Waals surface area contributed by atoms with Gasteiger partial charge < -0.3 is 33.5 Å². The van der Waals surface area contributed by atoms with Crippen molar-refractivity contribution in [2.24, 2.45) is 0 Å². The van der Waals surface area contributed by atoms with Gasteiger partial charge in [-0.05, 0) is 48.9 Å². The van der Waals surface area contributed by atoms with E-state index in [0.717, 1.165) is 21.5 Å². The topological polar surface area (TPSA) is 168 Å². The van der Waals surface area contributed by atoms with Crippen LogP contribution in [-0.4, -0.2) is 53.9 Å². The molecular formula is C33H38ClO11P. The van der Waals surface area contributed by atoms with E-state index >= 15 is 0 Å². The molecule has 13 heteroatoms. The van der Waals surface area contributed by atoms with Gasteiger partial charge in [0.25, 0.3) is 0 Å². The number of ether oxygens (including phenoxy) is 6. The first-order valence-electron chi connectivity index (χ1n) is 13.7. The highest BCUT2D eigenvalue weighted by molar-refractivity contribution is 7.96. The van der Waals surface area contributed by atoms with Crippen molar-refractivity contribution in [1.82, 2.24) is 0 Å². The second-order valence-electron chi connectivity index (χ2n) is 10.0. The minimum absolute atomic E-state index is 0.203. The van der Waals surface area contributed by atoms with E-state index in [1.165, 1.54) is 0 Å². The summed E-state index contributed by atoms with van der Waals surface area (Å²) in [5, 5.41) is 14.7. The molecule has 0 aliphatic carbocycles. The molecule has 4 aromatic carbocycles. The van der Waals surface area contributed by atoms with Gasteiger partial charge in [0.15, 0.2) is 50.4 Å². The van der Waals surface area contributed by atoms with Crippen molar-refractivity contribution < 1.29 is 62.4 Å². The molecule has 11 nitrogen and oxygen atoms in total. The van der Waals surface area contributed by atoms with Gasteiger partial charge in [-0.3, -0.25) is 0 Å². The molecule has 1 atom stereocenters. The van der Waals surface area contributed by atoms with Crippen LogP contribution in [0.15, 0.2) is 84.9 Å². The standard InChI is InChI=1S/C33H38O7P.ClHO4/c1-33(34,23-14-9-8-10-15-23)22-41(30-24(35-2)16-11-17-25(30)36-3,31-26(37-4)18-12-19-27(31)38-5)32-28(39-6)20-13-21-29(32)40-7;2-1(3,4)5/h8-21,34H,22H2,1-7H3;(H,2,3,4,5)/q+1;/p-1. The molecule has 0 aliphatic rings. The summed E-state index contributed by atoms with van der Waals surface area (Å²) in [5.41, 5.74) is -0.598. The van der Waals surface area contributed by atoms with E-state index in [0.29, 0.717) is 34.5 Å². The van der Waals surface area contributed by atoms with Gasteiger partial charge in [0, 0.05) is 0 Å². The average molecular weight is 677 g/mol. The van der Waals surface area contributed by atoms with Crippen LogP contribution < -0.4 is 63.0 Å². The Kier molecular flexibility index (Phi) is 12.5. The van der Waals surface area contributed by atoms with Gasteiger partial charge in [0.05, 0.1) is 42.7 Å². The minimum atomic E-state index is -4.94. The number of halogens is 1. The Morgan fingerprint density at radius 1 is 0.522 bits per heavy atom. The number of rotatable bonds is 12. The van der Waals surface area contributed by atoms with Gasteiger partial charge in [-0.25, -0.2) is 18.6 Å². The van der Waals surface area contributed by atoms with Gasteiger partial charge in [0.2, 0.25) is 0 Å². The van der Waals surface area contributed by atoms with Crippen molar-refractivity contribution in [2.45, 2.75) is 12.5 Å². The Hall–Kier alpha value is -3.80. The Balaban J connectivity index is 0.00000107. The van der Waals surface area contributed by atoms with E-state index in [1.54, 1.807) is 42.7 Å². The second-order valence-corrected chi connectivity index (χ2v) is 14.1. The number of hydrogen-bond acceptors (Lipinski definition) is 11. The zero-order valence-electron chi connectivity index (χ0n) is 26.6. The van der Waals surface area contributed by atoms with Crippen LogP contribution in [0.3, 0.4) is 0 Å². The highest BCUT2D eigenvalue weighted by Crippen LogP contribution is 2.67. The molecule has 0 spiro atoms. The summed E-state index contributed by atoms with van der Waals surface area (Å²) in [6.07, 6.45) is 0.203. The zero-order chi connectivity index (χ0) is 34.1. The minimum Gasteiger partial charge on any atom is -0.492 e. The Labute approximate surface area is 271 Å². The lowest BCUT2D eigenvalue weighted by molar-refractivity contribution is -2.00. The molecule has 0 amide bonds. The van der Waals surface area contributed by atoms with E-state index in [4.69, 9.17) is 47.1 Å². The summed E-state index contributed by atoms with van der Waals surface area (Å²) in [6.45, 7) is 1.82. The fraction of sp³-hybridized carbons (Fsp3) is 0.273. The van der Waals surface area contributed by atoms with Gasteiger partial charge in [0.1, 0.15) is 19.0 Å². The third kappa shape index (κ3) is 7.94. The largest absolute Gasteiger partial charge is 0.492 e. The molecule has 1 N–H and O–H groups in total. The summed E-state index contributed by atoms with van der Waals surface area (Å²) in [6, 6.07) is 26.6. The number of methoxy groups -OCH3 is 6. The average Bonchev–Trinajstić information content (AvgIpc) is 3.05. The molecule has 0 saturated carbocycles. The Morgan fingerprint density at radius 3 is 1.02 bits per heavy atom. The Morgan fingerprint density at radius 2 is 0.783 bits per heavy atom. The number of benzene rings is 4. The van der Waals surface area contributed by atoms with Gasteiger partial charge >= 0.3 is 0 Å². The maximum atomic E-state index is 12.5. The smallest absolute Gasteiger partial charge is 0.188 e.